The maximum Gasteiger partial charge on any atom is 0.306 e. The topological polar surface area (TPSA) is 55.8 Å². The molecule has 0 aromatic heterocycles. The SMILES string of the molecule is CCCCCCCCCCCOCC(CO)OC(=O)CCCC. The van der Waals surface area contributed by atoms with Gasteiger partial charge in [-0.05, 0) is 12.8 Å². The normalized spacial score (nSPS) is 12.3. The molecule has 1 atom stereocenters. The molecule has 0 aliphatic rings. The third-order valence-corrected chi connectivity index (χ3v) is 3.93. The molecule has 0 radical (unpaired) electrons. The maximum atomic E-state index is 11.5. The van der Waals surface area contributed by atoms with Crippen LogP contribution in [0, 0.1) is 0 Å². The highest BCUT2D eigenvalue weighted by atomic mass is 16.6. The van der Waals surface area contributed by atoms with Gasteiger partial charge in [-0.25, -0.2) is 0 Å². The van der Waals surface area contributed by atoms with Crippen LogP contribution >= 0.6 is 0 Å². The van der Waals surface area contributed by atoms with Gasteiger partial charge in [0.1, 0.15) is 6.10 Å². The Balaban J connectivity index is 3.38. The first-order valence-electron chi connectivity index (χ1n) is 9.62. The fourth-order valence-corrected chi connectivity index (χ4v) is 2.42. The van der Waals surface area contributed by atoms with E-state index in [2.05, 4.69) is 6.92 Å². The van der Waals surface area contributed by atoms with Crippen LogP contribution in [0.4, 0.5) is 0 Å². The van der Waals surface area contributed by atoms with E-state index in [1.165, 1.54) is 51.4 Å². The number of carbonyl (C=O) groups is 1. The summed E-state index contributed by atoms with van der Waals surface area (Å²) in [6, 6.07) is 0. The average Bonchev–Trinajstić information content (AvgIpc) is 2.56. The van der Waals surface area contributed by atoms with E-state index in [-0.39, 0.29) is 12.6 Å². The van der Waals surface area contributed by atoms with Crippen LogP contribution in [-0.4, -0.2) is 37.0 Å². The van der Waals surface area contributed by atoms with Crippen LogP contribution in [0.5, 0.6) is 0 Å². The molecule has 0 saturated carbocycles. The molecule has 0 rings (SSSR count). The number of hydrogen-bond acceptors (Lipinski definition) is 4. The third-order valence-electron chi connectivity index (χ3n) is 3.93. The van der Waals surface area contributed by atoms with Crippen molar-refractivity contribution in [3.8, 4) is 0 Å². The zero-order valence-corrected chi connectivity index (χ0v) is 15.4. The van der Waals surface area contributed by atoms with Gasteiger partial charge in [-0.15, -0.1) is 0 Å². The molecule has 0 spiro atoms. The Morgan fingerprint density at radius 3 is 2.00 bits per heavy atom. The van der Waals surface area contributed by atoms with Gasteiger partial charge in [0.05, 0.1) is 13.2 Å². The van der Waals surface area contributed by atoms with Gasteiger partial charge in [-0.2, -0.15) is 0 Å². The summed E-state index contributed by atoms with van der Waals surface area (Å²) in [5.41, 5.74) is 0. The number of aliphatic hydroxyl groups is 1. The third kappa shape index (κ3) is 16.0. The van der Waals surface area contributed by atoms with Crippen molar-refractivity contribution < 1.29 is 19.4 Å². The van der Waals surface area contributed by atoms with E-state index in [0.29, 0.717) is 19.6 Å². The van der Waals surface area contributed by atoms with Crippen LogP contribution in [0.1, 0.15) is 90.9 Å². The van der Waals surface area contributed by atoms with Crippen molar-refractivity contribution in [1.29, 1.82) is 0 Å². The predicted molar refractivity (Wildman–Crippen MR) is 94.5 cm³/mol. The number of rotatable bonds is 17. The largest absolute Gasteiger partial charge is 0.457 e. The fraction of sp³-hybridized carbons (Fsp3) is 0.947. The zero-order chi connectivity index (χ0) is 17.2. The van der Waals surface area contributed by atoms with Crippen molar-refractivity contribution >= 4 is 5.97 Å². The summed E-state index contributed by atoms with van der Waals surface area (Å²) >= 11 is 0. The minimum absolute atomic E-state index is 0.171. The Bertz CT molecular complexity index is 256. The lowest BCUT2D eigenvalue weighted by atomic mass is 10.1. The van der Waals surface area contributed by atoms with Crippen molar-refractivity contribution in [2.45, 2.75) is 97.0 Å². The molecule has 0 aromatic rings. The van der Waals surface area contributed by atoms with E-state index in [1.807, 2.05) is 6.92 Å². The predicted octanol–water partition coefficient (Wildman–Crippen LogP) is 4.63. The summed E-state index contributed by atoms with van der Waals surface area (Å²) in [5.74, 6) is -0.238. The van der Waals surface area contributed by atoms with Crippen LogP contribution in [-0.2, 0) is 14.3 Å². The van der Waals surface area contributed by atoms with Gasteiger partial charge in [0, 0.05) is 13.0 Å². The van der Waals surface area contributed by atoms with E-state index in [4.69, 9.17) is 9.47 Å². The molecule has 1 N–H and O–H groups in total. The molecule has 0 heterocycles. The first-order valence-corrected chi connectivity index (χ1v) is 9.62. The summed E-state index contributed by atoms with van der Waals surface area (Å²) in [7, 11) is 0. The standard InChI is InChI=1S/C19H38O4/c1-3-5-7-8-9-10-11-12-13-15-22-17-18(16-20)23-19(21)14-6-4-2/h18,20H,3-17H2,1-2H3. The van der Waals surface area contributed by atoms with Gasteiger partial charge >= 0.3 is 5.97 Å². The second-order valence-corrected chi connectivity index (χ2v) is 6.30. The molecular weight excluding hydrogens is 292 g/mol. The second kappa shape index (κ2) is 17.7. The Hall–Kier alpha value is -0.610. The fourth-order valence-electron chi connectivity index (χ4n) is 2.42. The molecule has 0 fully saturated rings. The van der Waals surface area contributed by atoms with Crippen LogP contribution in [0.15, 0.2) is 0 Å². The molecule has 0 aliphatic carbocycles. The minimum Gasteiger partial charge on any atom is -0.457 e. The van der Waals surface area contributed by atoms with E-state index in [9.17, 15) is 9.90 Å². The van der Waals surface area contributed by atoms with Crippen LogP contribution in [0.25, 0.3) is 0 Å². The summed E-state index contributed by atoms with van der Waals surface area (Å²) in [6.45, 7) is 5.08. The average molecular weight is 331 g/mol. The number of carbonyl (C=O) groups excluding carboxylic acids is 1. The van der Waals surface area contributed by atoms with Crippen molar-refractivity contribution in [3.05, 3.63) is 0 Å². The molecule has 23 heavy (non-hydrogen) atoms. The number of ether oxygens (including phenoxy) is 2. The lowest BCUT2D eigenvalue weighted by Gasteiger charge is -2.15. The summed E-state index contributed by atoms with van der Waals surface area (Å²) in [4.78, 5) is 11.5. The molecule has 0 aliphatic heterocycles. The van der Waals surface area contributed by atoms with Gasteiger partial charge in [-0.1, -0.05) is 71.6 Å². The Kier molecular flexibility index (Phi) is 17.3. The van der Waals surface area contributed by atoms with Gasteiger partial charge in [0.25, 0.3) is 0 Å². The molecular formula is C19H38O4. The van der Waals surface area contributed by atoms with Crippen molar-refractivity contribution in [2.24, 2.45) is 0 Å². The monoisotopic (exact) mass is 330 g/mol. The van der Waals surface area contributed by atoms with Gasteiger partial charge in [0.15, 0.2) is 0 Å². The number of hydrogen-bond donors (Lipinski definition) is 1. The minimum atomic E-state index is -0.516. The molecule has 4 heteroatoms. The van der Waals surface area contributed by atoms with Gasteiger partial charge in [-0.3, -0.25) is 4.79 Å². The quantitative estimate of drug-likeness (QED) is 0.312. The van der Waals surface area contributed by atoms with E-state index in [1.54, 1.807) is 0 Å². The number of aliphatic hydroxyl groups excluding tert-OH is 1. The Morgan fingerprint density at radius 2 is 1.43 bits per heavy atom. The molecule has 0 amide bonds. The molecule has 1 unspecified atom stereocenters. The molecule has 0 bridgehead atoms. The van der Waals surface area contributed by atoms with Gasteiger partial charge < -0.3 is 14.6 Å². The summed E-state index contributed by atoms with van der Waals surface area (Å²) in [5, 5.41) is 9.20. The zero-order valence-electron chi connectivity index (χ0n) is 15.4. The summed E-state index contributed by atoms with van der Waals surface area (Å²) in [6.07, 6.45) is 13.3. The van der Waals surface area contributed by atoms with Crippen LogP contribution in [0.3, 0.4) is 0 Å². The summed E-state index contributed by atoms with van der Waals surface area (Å²) < 4.78 is 10.7. The van der Waals surface area contributed by atoms with E-state index in [0.717, 1.165) is 19.3 Å². The number of unbranched alkanes of at least 4 members (excludes halogenated alkanes) is 9. The van der Waals surface area contributed by atoms with Crippen molar-refractivity contribution in [1.82, 2.24) is 0 Å². The van der Waals surface area contributed by atoms with Crippen molar-refractivity contribution in [2.75, 3.05) is 19.8 Å². The van der Waals surface area contributed by atoms with E-state index < -0.39 is 6.10 Å². The first-order chi connectivity index (χ1) is 11.2. The first kappa shape index (κ1) is 22.4. The highest BCUT2D eigenvalue weighted by Crippen LogP contribution is 2.09. The highest BCUT2D eigenvalue weighted by Gasteiger charge is 2.13. The van der Waals surface area contributed by atoms with Crippen LogP contribution in [0.2, 0.25) is 0 Å². The Labute approximate surface area is 142 Å². The molecule has 0 aromatic carbocycles. The van der Waals surface area contributed by atoms with E-state index >= 15 is 0 Å². The maximum absolute atomic E-state index is 11.5. The molecule has 4 nitrogen and oxygen atoms in total. The highest BCUT2D eigenvalue weighted by molar-refractivity contribution is 5.69. The van der Waals surface area contributed by atoms with Crippen LogP contribution < -0.4 is 0 Å². The Morgan fingerprint density at radius 1 is 0.870 bits per heavy atom. The lowest BCUT2D eigenvalue weighted by molar-refractivity contribution is -0.154. The molecule has 138 valence electrons. The lowest BCUT2D eigenvalue weighted by Crippen LogP contribution is -2.27. The van der Waals surface area contributed by atoms with Gasteiger partial charge in [0.2, 0.25) is 0 Å². The second-order valence-electron chi connectivity index (χ2n) is 6.30. The number of esters is 1. The van der Waals surface area contributed by atoms with Crippen molar-refractivity contribution in [3.63, 3.8) is 0 Å². The molecule has 0 saturated heterocycles. The smallest absolute Gasteiger partial charge is 0.306 e.